The number of carbonyl (C=O) groups excluding carboxylic acids is 1. The van der Waals surface area contributed by atoms with Gasteiger partial charge in [-0.05, 0) is 28.8 Å². The van der Waals surface area contributed by atoms with E-state index in [0.29, 0.717) is 23.9 Å². The van der Waals surface area contributed by atoms with Gasteiger partial charge in [0.1, 0.15) is 16.8 Å². The molecule has 0 saturated carbocycles. The van der Waals surface area contributed by atoms with E-state index in [1.54, 1.807) is 24.4 Å². The van der Waals surface area contributed by atoms with E-state index in [9.17, 15) is 9.18 Å². The Morgan fingerprint density at radius 1 is 1.33 bits per heavy atom. The topological polar surface area (TPSA) is 51.2 Å². The molecule has 1 atom stereocenters. The molecule has 1 N–H and O–H groups in total. The zero-order chi connectivity index (χ0) is 16.9. The molecule has 0 amide bonds. The van der Waals surface area contributed by atoms with Crippen molar-refractivity contribution < 1.29 is 13.9 Å². The van der Waals surface area contributed by atoms with E-state index in [1.165, 1.54) is 6.07 Å². The van der Waals surface area contributed by atoms with Gasteiger partial charge in [-0.3, -0.25) is 4.79 Å². The van der Waals surface area contributed by atoms with Crippen molar-refractivity contribution in [3.8, 4) is 0 Å². The van der Waals surface area contributed by atoms with Gasteiger partial charge in [0.25, 0.3) is 0 Å². The van der Waals surface area contributed by atoms with Crippen LogP contribution in [0.4, 0.5) is 4.39 Å². The largest absolute Gasteiger partial charge is 0.371 e. The van der Waals surface area contributed by atoms with Crippen LogP contribution in [0.1, 0.15) is 22.8 Å². The number of ether oxygens (including phenoxy) is 1. The lowest BCUT2D eigenvalue weighted by molar-refractivity contribution is -0.117. The molecule has 24 heavy (non-hydrogen) atoms. The van der Waals surface area contributed by atoms with E-state index in [-0.39, 0.29) is 30.5 Å². The van der Waals surface area contributed by atoms with Crippen molar-refractivity contribution in [2.24, 2.45) is 0 Å². The average molecular weight is 349 g/mol. The molecule has 3 rings (SSSR count). The molecule has 1 aromatic carbocycles. The van der Waals surface area contributed by atoms with Gasteiger partial charge in [0.2, 0.25) is 0 Å². The van der Waals surface area contributed by atoms with Crippen molar-refractivity contribution in [2.45, 2.75) is 18.9 Å². The van der Waals surface area contributed by atoms with Crippen LogP contribution in [-0.4, -0.2) is 30.5 Å². The van der Waals surface area contributed by atoms with Gasteiger partial charge < -0.3 is 10.1 Å². The summed E-state index contributed by atoms with van der Waals surface area (Å²) in [5.74, 6) is -0.439. The molecule has 0 bridgehead atoms. The van der Waals surface area contributed by atoms with E-state index in [0.717, 1.165) is 17.7 Å². The Bertz CT molecular complexity index is 715. The number of nitrogens with zero attached hydrogens (tertiary/aromatic N) is 1. The van der Waals surface area contributed by atoms with Crippen LogP contribution in [0.5, 0.6) is 0 Å². The standard InChI is InChI=1S/C18H18ClFN2O2/c19-18-4-1-12(10-22-18)7-15(23)8-13-2-3-14(9-16(13)20)17-11-21-5-6-24-17/h1-4,9-10,17,21H,5-8,11H2/t17-/m1/s1. The number of hydrogen-bond donors (Lipinski definition) is 1. The minimum absolute atomic E-state index is 0.0541. The van der Waals surface area contributed by atoms with Crippen LogP contribution < -0.4 is 5.32 Å². The maximum absolute atomic E-state index is 14.3. The molecule has 4 nitrogen and oxygen atoms in total. The Balaban J connectivity index is 1.64. The third kappa shape index (κ3) is 4.38. The van der Waals surface area contributed by atoms with Gasteiger partial charge in [-0.2, -0.15) is 0 Å². The molecule has 0 unspecified atom stereocenters. The highest BCUT2D eigenvalue weighted by molar-refractivity contribution is 6.29. The molecule has 2 aromatic rings. The Morgan fingerprint density at radius 2 is 2.21 bits per heavy atom. The maximum Gasteiger partial charge on any atom is 0.141 e. The fourth-order valence-electron chi connectivity index (χ4n) is 2.70. The van der Waals surface area contributed by atoms with E-state index in [1.807, 2.05) is 6.07 Å². The SMILES string of the molecule is O=C(Cc1ccc(Cl)nc1)Cc1ccc([C@H]2CNCCO2)cc1F. The van der Waals surface area contributed by atoms with Gasteiger partial charge in [-0.15, -0.1) is 0 Å². The minimum Gasteiger partial charge on any atom is -0.371 e. The van der Waals surface area contributed by atoms with Crippen molar-refractivity contribution in [2.75, 3.05) is 19.7 Å². The summed E-state index contributed by atoms with van der Waals surface area (Å²) in [6.07, 6.45) is 1.69. The smallest absolute Gasteiger partial charge is 0.141 e. The Labute approximate surface area is 145 Å². The van der Waals surface area contributed by atoms with Gasteiger partial charge >= 0.3 is 0 Å². The fourth-order valence-corrected chi connectivity index (χ4v) is 2.81. The average Bonchev–Trinajstić information content (AvgIpc) is 2.59. The van der Waals surface area contributed by atoms with E-state index in [2.05, 4.69) is 10.3 Å². The molecular formula is C18H18ClFN2O2. The molecule has 0 aliphatic carbocycles. The molecule has 0 radical (unpaired) electrons. The number of aromatic nitrogens is 1. The van der Waals surface area contributed by atoms with Crippen molar-refractivity contribution in [1.82, 2.24) is 10.3 Å². The van der Waals surface area contributed by atoms with Crippen LogP contribution in [0.25, 0.3) is 0 Å². The number of carbonyl (C=O) groups is 1. The predicted molar refractivity (Wildman–Crippen MR) is 89.6 cm³/mol. The zero-order valence-corrected chi connectivity index (χ0v) is 13.9. The number of hydrogen-bond acceptors (Lipinski definition) is 4. The van der Waals surface area contributed by atoms with E-state index < -0.39 is 0 Å². The van der Waals surface area contributed by atoms with Gasteiger partial charge in [0.15, 0.2) is 0 Å². The molecule has 1 aromatic heterocycles. The molecule has 6 heteroatoms. The van der Waals surface area contributed by atoms with Crippen LogP contribution in [0, 0.1) is 5.82 Å². The van der Waals surface area contributed by atoms with Crippen LogP contribution in [0.3, 0.4) is 0 Å². The second kappa shape index (κ2) is 7.83. The second-order valence-electron chi connectivity index (χ2n) is 5.80. The van der Waals surface area contributed by atoms with Gasteiger partial charge in [0, 0.05) is 32.1 Å². The number of rotatable bonds is 5. The van der Waals surface area contributed by atoms with Crippen molar-refractivity contribution in [3.05, 3.63) is 64.2 Å². The van der Waals surface area contributed by atoms with E-state index in [4.69, 9.17) is 16.3 Å². The number of benzene rings is 1. The number of halogens is 2. The minimum atomic E-state index is -0.371. The summed E-state index contributed by atoms with van der Waals surface area (Å²) >= 11 is 5.72. The first-order valence-corrected chi connectivity index (χ1v) is 8.22. The summed E-state index contributed by atoms with van der Waals surface area (Å²) in [7, 11) is 0. The number of morpholine rings is 1. The first-order chi connectivity index (χ1) is 11.6. The lowest BCUT2D eigenvalue weighted by Gasteiger charge is -2.24. The van der Waals surface area contributed by atoms with Crippen LogP contribution >= 0.6 is 11.6 Å². The number of Topliss-reactive ketones (excluding diaryl/α,β-unsaturated/α-hetero) is 1. The van der Waals surface area contributed by atoms with Gasteiger partial charge in [0.05, 0.1) is 12.7 Å². The first kappa shape index (κ1) is 17.0. The summed E-state index contributed by atoms with van der Waals surface area (Å²) < 4.78 is 19.9. The van der Waals surface area contributed by atoms with Crippen molar-refractivity contribution in [3.63, 3.8) is 0 Å². The van der Waals surface area contributed by atoms with Crippen molar-refractivity contribution in [1.29, 1.82) is 0 Å². The summed E-state index contributed by atoms with van der Waals surface area (Å²) in [4.78, 5) is 16.1. The van der Waals surface area contributed by atoms with Crippen molar-refractivity contribution >= 4 is 17.4 Å². The zero-order valence-electron chi connectivity index (χ0n) is 13.1. The normalized spacial score (nSPS) is 17.7. The highest BCUT2D eigenvalue weighted by Crippen LogP contribution is 2.22. The molecule has 1 aliphatic rings. The summed E-state index contributed by atoms with van der Waals surface area (Å²) in [5, 5.41) is 3.60. The molecule has 126 valence electrons. The number of ketones is 1. The molecule has 1 saturated heterocycles. The maximum atomic E-state index is 14.3. The molecule has 2 heterocycles. The molecular weight excluding hydrogens is 331 g/mol. The molecule has 1 fully saturated rings. The number of nitrogens with one attached hydrogen (secondary N) is 1. The molecule has 1 aliphatic heterocycles. The van der Waals surface area contributed by atoms with Crippen LogP contribution in [0.2, 0.25) is 5.15 Å². The Kier molecular flexibility index (Phi) is 5.56. The summed E-state index contributed by atoms with van der Waals surface area (Å²) in [6.45, 7) is 2.09. The van der Waals surface area contributed by atoms with E-state index >= 15 is 0 Å². The van der Waals surface area contributed by atoms with Crippen LogP contribution in [0.15, 0.2) is 36.5 Å². The second-order valence-corrected chi connectivity index (χ2v) is 6.18. The fraction of sp³-hybridized carbons (Fsp3) is 0.333. The monoisotopic (exact) mass is 348 g/mol. The van der Waals surface area contributed by atoms with Gasteiger partial charge in [-0.25, -0.2) is 9.37 Å². The quantitative estimate of drug-likeness (QED) is 0.844. The first-order valence-electron chi connectivity index (χ1n) is 7.84. The van der Waals surface area contributed by atoms with Crippen LogP contribution in [-0.2, 0) is 22.4 Å². The highest BCUT2D eigenvalue weighted by atomic mass is 35.5. The summed E-state index contributed by atoms with van der Waals surface area (Å²) in [6, 6.07) is 8.34. The third-order valence-corrected chi connectivity index (χ3v) is 4.18. The lowest BCUT2D eigenvalue weighted by atomic mass is 10.00. The van der Waals surface area contributed by atoms with Gasteiger partial charge in [-0.1, -0.05) is 29.8 Å². The number of pyridine rings is 1. The Hall–Kier alpha value is -1.82. The lowest BCUT2D eigenvalue weighted by Crippen LogP contribution is -2.33. The summed E-state index contributed by atoms with van der Waals surface area (Å²) in [5.41, 5.74) is 1.95. The Morgan fingerprint density at radius 3 is 2.88 bits per heavy atom. The predicted octanol–water partition coefficient (Wildman–Crippen LogP) is 2.89. The molecule has 0 spiro atoms. The third-order valence-electron chi connectivity index (χ3n) is 3.95. The highest BCUT2D eigenvalue weighted by Gasteiger charge is 2.18.